The van der Waals surface area contributed by atoms with E-state index in [4.69, 9.17) is 10.00 Å². The largest absolute Gasteiger partial charge is 0.457 e. The molecular formula is C26H29N3O5S. The van der Waals surface area contributed by atoms with Crippen LogP contribution in [-0.2, 0) is 32.5 Å². The second-order valence-electron chi connectivity index (χ2n) is 7.98. The van der Waals surface area contributed by atoms with Gasteiger partial charge in [0.25, 0.3) is 0 Å². The predicted molar refractivity (Wildman–Crippen MR) is 132 cm³/mol. The predicted octanol–water partition coefficient (Wildman–Crippen LogP) is 3.94. The van der Waals surface area contributed by atoms with Crippen molar-refractivity contribution in [2.75, 3.05) is 19.7 Å². The standard InChI is InChI=1S/C26H29N3O5S/c1-3-29(4-2)35(32,33)21-13-10-20(11-14-21)12-15-26(31)34-19-25(30)23-18-28(17-7-16-27)24-9-6-5-8-22(23)24/h5-6,8-11,13-14,18H,3-4,7,12,15,17,19H2,1-2H3. The summed E-state index contributed by atoms with van der Waals surface area (Å²) in [4.78, 5) is 25.2. The molecule has 0 radical (unpaired) electrons. The monoisotopic (exact) mass is 495 g/mol. The van der Waals surface area contributed by atoms with E-state index in [9.17, 15) is 18.0 Å². The van der Waals surface area contributed by atoms with E-state index >= 15 is 0 Å². The minimum Gasteiger partial charge on any atom is -0.457 e. The molecule has 0 aliphatic heterocycles. The van der Waals surface area contributed by atoms with Crippen molar-refractivity contribution in [1.82, 2.24) is 8.87 Å². The van der Waals surface area contributed by atoms with Gasteiger partial charge in [-0.3, -0.25) is 9.59 Å². The van der Waals surface area contributed by atoms with Gasteiger partial charge in [-0.15, -0.1) is 0 Å². The summed E-state index contributed by atoms with van der Waals surface area (Å²) >= 11 is 0. The molecule has 0 spiro atoms. The quantitative estimate of drug-likeness (QED) is 0.278. The van der Waals surface area contributed by atoms with Gasteiger partial charge in [0.2, 0.25) is 15.8 Å². The van der Waals surface area contributed by atoms with Crippen molar-refractivity contribution < 1.29 is 22.7 Å². The molecule has 9 heteroatoms. The van der Waals surface area contributed by atoms with Gasteiger partial charge in [0.15, 0.2) is 6.61 Å². The number of carbonyl (C=O) groups is 2. The van der Waals surface area contributed by atoms with Crippen LogP contribution in [0.15, 0.2) is 59.6 Å². The van der Waals surface area contributed by atoms with Crippen LogP contribution in [0.1, 0.15) is 42.6 Å². The number of aryl methyl sites for hydroxylation is 2. The number of nitrogens with zero attached hydrogens (tertiary/aromatic N) is 3. The fourth-order valence-corrected chi connectivity index (χ4v) is 5.37. The Morgan fingerprint density at radius 1 is 1.06 bits per heavy atom. The number of sulfonamides is 1. The van der Waals surface area contributed by atoms with E-state index in [2.05, 4.69) is 6.07 Å². The molecular weight excluding hydrogens is 466 g/mol. The Hall–Kier alpha value is -3.48. The molecule has 0 aliphatic rings. The van der Waals surface area contributed by atoms with Crippen LogP contribution in [-0.4, -0.2) is 48.7 Å². The lowest BCUT2D eigenvalue weighted by Gasteiger charge is -2.18. The van der Waals surface area contributed by atoms with Crippen LogP contribution in [0.4, 0.5) is 0 Å². The fraction of sp³-hybridized carbons (Fsp3) is 0.346. The molecule has 35 heavy (non-hydrogen) atoms. The first-order valence-electron chi connectivity index (χ1n) is 11.5. The zero-order valence-electron chi connectivity index (χ0n) is 19.9. The molecule has 3 rings (SSSR count). The molecule has 1 aromatic heterocycles. The van der Waals surface area contributed by atoms with Gasteiger partial charge in [-0.1, -0.05) is 44.2 Å². The Morgan fingerprint density at radius 2 is 1.74 bits per heavy atom. The Kier molecular flexibility index (Phi) is 8.79. The average molecular weight is 496 g/mol. The lowest BCUT2D eigenvalue weighted by atomic mass is 10.1. The normalized spacial score (nSPS) is 11.5. The molecule has 0 fully saturated rings. The Bertz CT molecular complexity index is 1330. The van der Waals surface area contributed by atoms with Crippen LogP contribution in [0.3, 0.4) is 0 Å². The molecule has 0 bridgehead atoms. The van der Waals surface area contributed by atoms with Crippen LogP contribution < -0.4 is 0 Å². The highest BCUT2D eigenvalue weighted by Gasteiger charge is 2.21. The molecule has 0 atom stereocenters. The third-order valence-corrected chi connectivity index (χ3v) is 7.87. The fourth-order valence-electron chi connectivity index (χ4n) is 3.91. The van der Waals surface area contributed by atoms with Crippen LogP contribution in [0, 0.1) is 11.3 Å². The van der Waals surface area contributed by atoms with Gasteiger partial charge in [-0.05, 0) is 30.2 Å². The van der Waals surface area contributed by atoms with Gasteiger partial charge in [0.05, 0.1) is 17.4 Å². The van der Waals surface area contributed by atoms with Crippen LogP contribution in [0.25, 0.3) is 10.9 Å². The van der Waals surface area contributed by atoms with Gasteiger partial charge in [0.1, 0.15) is 0 Å². The number of ketones is 1. The zero-order chi connectivity index (χ0) is 25.4. The van der Waals surface area contributed by atoms with E-state index in [1.54, 1.807) is 44.3 Å². The topological polar surface area (TPSA) is 109 Å². The van der Waals surface area contributed by atoms with Crippen molar-refractivity contribution in [3.8, 4) is 6.07 Å². The highest BCUT2D eigenvalue weighted by molar-refractivity contribution is 7.89. The minimum absolute atomic E-state index is 0.0688. The van der Waals surface area contributed by atoms with Crippen molar-refractivity contribution in [2.24, 2.45) is 0 Å². The van der Waals surface area contributed by atoms with Crippen molar-refractivity contribution in [1.29, 1.82) is 5.26 Å². The van der Waals surface area contributed by atoms with Gasteiger partial charge in [-0.2, -0.15) is 9.57 Å². The van der Waals surface area contributed by atoms with Crippen molar-refractivity contribution in [3.63, 3.8) is 0 Å². The number of hydrogen-bond donors (Lipinski definition) is 0. The smallest absolute Gasteiger partial charge is 0.306 e. The summed E-state index contributed by atoms with van der Waals surface area (Å²) in [6, 6.07) is 16.0. The number of rotatable bonds is 12. The minimum atomic E-state index is -3.53. The number of esters is 1. The third kappa shape index (κ3) is 6.15. The van der Waals surface area contributed by atoms with E-state index in [-0.39, 0.29) is 23.7 Å². The number of Topliss-reactive ketones (excluding diaryl/α,β-unsaturated/α-hetero) is 1. The van der Waals surface area contributed by atoms with E-state index < -0.39 is 16.0 Å². The number of ether oxygens (including phenoxy) is 1. The number of nitriles is 1. The van der Waals surface area contributed by atoms with Crippen molar-refractivity contribution in [2.45, 2.75) is 44.6 Å². The van der Waals surface area contributed by atoms with Gasteiger partial charge in [0, 0.05) is 48.7 Å². The number of aromatic nitrogens is 1. The molecule has 184 valence electrons. The second-order valence-corrected chi connectivity index (χ2v) is 9.92. The summed E-state index contributed by atoms with van der Waals surface area (Å²) in [7, 11) is -3.53. The summed E-state index contributed by atoms with van der Waals surface area (Å²) < 4.78 is 33.6. The van der Waals surface area contributed by atoms with Gasteiger partial charge < -0.3 is 9.30 Å². The van der Waals surface area contributed by atoms with E-state index in [0.29, 0.717) is 38.0 Å². The zero-order valence-corrected chi connectivity index (χ0v) is 20.8. The van der Waals surface area contributed by atoms with Crippen LogP contribution in [0.2, 0.25) is 0 Å². The first-order valence-corrected chi connectivity index (χ1v) is 13.0. The molecule has 2 aromatic carbocycles. The lowest BCUT2D eigenvalue weighted by molar-refractivity contribution is -0.142. The number of hydrogen-bond acceptors (Lipinski definition) is 6. The summed E-state index contributed by atoms with van der Waals surface area (Å²) in [5, 5.41) is 9.62. The second kappa shape index (κ2) is 11.8. The summed E-state index contributed by atoms with van der Waals surface area (Å²) in [5.74, 6) is -0.817. The molecule has 1 heterocycles. The molecule has 0 aliphatic carbocycles. The maximum atomic E-state index is 12.7. The molecule has 8 nitrogen and oxygen atoms in total. The van der Waals surface area contributed by atoms with E-state index in [0.717, 1.165) is 16.5 Å². The third-order valence-electron chi connectivity index (χ3n) is 5.80. The number of para-hydroxylation sites is 1. The molecule has 0 amide bonds. The lowest BCUT2D eigenvalue weighted by Crippen LogP contribution is -2.30. The molecule has 0 saturated carbocycles. The average Bonchev–Trinajstić information content (AvgIpc) is 3.24. The van der Waals surface area contributed by atoms with Crippen LogP contribution >= 0.6 is 0 Å². The highest BCUT2D eigenvalue weighted by Crippen LogP contribution is 2.22. The van der Waals surface area contributed by atoms with E-state index in [1.165, 1.54) is 4.31 Å². The first kappa shape index (κ1) is 26.1. The highest BCUT2D eigenvalue weighted by atomic mass is 32.2. The number of fused-ring (bicyclic) bond motifs is 1. The summed E-state index contributed by atoms with van der Waals surface area (Å²) in [6.45, 7) is 4.47. The van der Waals surface area contributed by atoms with Gasteiger partial charge >= 0.3 is 5.97 Å². The molecule has 0 N–H and O–H groups in total. The Morgan fingerprint density at radius 3 is 2.40 bits per heavy atom. The maximum Gasteiger partial charge on any atom is 0.306 e. The molecule has 3 aromatic rings. The van der Waals surface area contributed by atoms with E-state index in [1.807, 2.05) is 28.8 Å². The molecule has 0 unspecified atom stereocenters. The maximum absolute atomic E-state index is 12.7. The first-order chi connectivity index (χ1) is 16.8. The molecule has 0 saturated heterocycles. The SMILES string of the molecule is CCN(CC)S(=O)(=O)c1ccc(CCC(=O)OCC(=O)c2cn(CCC#N)c3ccccc23)cc1. The summed E-state index contributed by atoms with van der Waals surface area (Å²) in [5.41, 5.74) is 2.10. The number of carbonyl (C=O) groups excluding carboxylic acids is 2. The summed E-state index contributed by atoms with van der Waals surface area (Å²) in [6.07, 6.45) is 2.46. The van der Waals surface area contributed by atoms with Gasteiger partial charge in [-0.25, -0.2) is 8.42 Å². The van der Waals surface area contributed by atoms with Crippen molar-refractivity contribution in [3.05, 3.63) is 65.9 Å². The Balaban J connectivity index is 1.57. The van der Waals surface area contributed by atoms with Crippen molar-refractivity contribution >= 4 is 32.7 Å². The van der Waals surface area contributed by atoms with Crippen LogP contribution in [0.5, 0.6) is 0 Å². The Labute approximate surface area is 205 Å². The number of benzene rings is 2.